The molecule has 0 unspecified atom stereocenters. The summed E-state index contributed by atoms with van der Waals surface area (Å²) in [7, 11) is -3.49. The monoisotopic (exact) mass is 272 g/mol. The molecule has 18 heavy (non-hydrogen) atoms. The second-order valence-electron chi connectivity index (χ2n) is 3.82. The van der Waals surface area contributed by atoms with Gasteiger partial charge in [-0.1, -0.05) is 0 Å². The number of nitrogens with two attached hydrogens (primary N) is 3. The number of benzene rings is 1. The summed E-state index contributed by atoms with van der Waals surface area (Å²) in [6.45, 7) is 0.207. The number of sulfonamides is 1. The Morgan fingerprint density at radius 2 is 1.94 bits per heavy atom. The predicted molar refractivity (Wildman–Crippen MR) is 70.2 cm³/mol. The van der Waals surface area contributed by atoms with Crippen LogP contribution in [0.4, 0.5) is 11.4 Å². The molecule has 0 heterocycles. The number of carbonyl (C=O) groups excluding carboxylic acids is 1. The molecule has 100 valence electrons. The Morgan fingerprint density at radius 1 is 1.28 bits per heavy atom. The summed E-state index contributed by atoms with van der Waals surface area (Å²) < 4.78 is 21.3. The van der Waals surface area contributed by atoms with E-state index in [1.54, 1.807) is 6.07 Å². The molecule has 1 amide bonds. The van der Waals surface area contributed by atoms with Crippen LogP contribution in [0.1, 0.15) is 16.8 Å². The van der Waals surface area contributed by atoms with Crippen LogP contribution in [-0.2, 0) is 10.0 Å². The normalized spacial score (nSPS) is 11.2. The second kappa shape index (κ2) is 5.69. The van der Waals surface area contributed by atoms with E-state index in [0.29, 0.717) is 11.3 Å². The first-order chi connectivity index (χ1) is 8.29. The summed E-state index contributed by atoms with van der Waals surface area (Å²) in [5.74, 6) is -0.549. The average Bonchev–Trinajstić information content (AvgIpc) is 2.22. The number of nitrogen functional groups attached to an aromatic ring is 2. The molecule has 0 saturated carbocycles. The number of hydrogen-bond donors (Lipinski definition) is 4. The lowest BCUT2D eigenvalue weighted by Gasteiger charge is -2.07. The first-order valence-electron chi connectivity index (χ1n) is 5.23. The minimum absolute atomic E-state index is 0.176. The van der Waals surface area contributed by atoms with Gasteiger partial charge in [-0.15, -0.1) is 0 Å². The molecule has 0 aromatic heterocycles. The molecule has 8 heteroatoms. The summed E-state index contributed by atoms with van der Waals surface area (Å²) in [4.78, 5) is 11.7. The van der Waals surface area contributed by atoms with Crippen molar-refractivity contribution in [2.24, 2.45) is 5.14 Å². The van der Waals surface area contributed by atoms with Crippen LogP contribution in [0, 0.1) is 0 Å². The number of amides is 1. The molecular weight excluding hydrogens is 256 g/mol. The van der Waals surface area contributed by atoms with E-state index in [-0.39, 0.29) is 30.3 Å². The Balaban J connectivity index is 2.51. The fraction of sp³-hybridized carbons (Fsp3) is 0.300. The third-order valence-electron chi connectivity index (χ3n) is 2.21. The van der Waals surface area contributed by atoms with Crippen molar-refractivity contribution in [3.8, 4) is 0 Å². The van der Waals surface area contributed by atoms with Gasteiger partial charge >= 0.3 is 0 Å². The fourth-order valence-corrected chi connectivity index (χ4v) is 1.91. The second-order valence-corrected chi connectivity index (χ2v) is 5.56. The minimum atomic E-state index is -3.49. The van der Waals surface area contributed by atoms with E-state index in [2.05, 4.69) is 5.32 Å². The highest BCUT2D eigenvalue weighted by molar-refractivity contribution is 7.89. The molecule has 0 aliphatic carbocycles. The van der Waals surface area contributed by atoms with Gasteiger partial charge in [-0.25, -0.2) is 13.6 Å². The highest BCUT2D eigenvalue weighted by Crippen LogP contribution is 2.15. The first-order valence-corrected chi connectivity index (χ1v) is 6.95. The van der Waals surface area contributed by atoms with Gasteiger partial charge in [0.15, 0.2) is 0 Å². The van der Waals surface area contributed by atoms with Gasteiger partial charge in [0.2, 0.25) is 10.0 Å². The fourth-order valence-electron chi connectivity index (χ4n) is 1.36. The molecule has 1 aromatic carbocycles. The van der Waals surface area contributed by atoms with E-state index in [9.17, 15) is 13.2 Å². The maximum absolute atomic E-state index is 11.7. The molecule has 1 aromatic rings. The van der Waals surface area contributed by atoms with E-state index in [0.717, 1.165) is 0 Å². The number of nitrogens with one attached hydrogen (secondary N) is 1. The van der Waals surface area contributed by atoms with Crippen LogP contribution in [0.15, 0.2) is 18.2 Å². The molecule has 0 saturated heterocycles. The quantitative estimate of drug-likeness (QED) is 0.412. The van der Waals surface area contributed by atoms with Crippen LogP contribution in [0.2, 0.25) is 0 Å². The third-order valence-corrected chi connectivity index (χ3v) is 3.07. The van der Waals surface area contributed by atoms with E-state index < -0.39 is 10.0 Å². The molecule has 7 N–H and O–H groups in total. The van der Waals surface area contributed by atoms with Crippen molar-refractivity contribution in [1.82, 2.24) is 5.32 Å². The number of anilines is 2. The molecule has 1 rings (SSSR count). The van der Waals surface area contributed by atoms with Crippen molar-refractivity contribution in [3.05, 3.63) is 23.8 Å². The van der Waals surface area contributed by atoms with Gasteiger partial charge in [0.1, 0.15) is 0 Å². The Hall–Kier alpha value is -1.80. The van der Waals surface area contributed by atoms with Crippen LogP contribution in [0.25, 0.3) is 0 Å². The summed E-state index contributed by atoms with van der Waals surface area (Å²) >= 11 is 0. The van der Waals surface area contributed by atoms with Crippen LogP contribution in [0.3, 0.4) is 0 Å². The average molecular weight is 272 g/mol. The molecule has 0 bridgehead atoms. The maximum Gasteiger partial charge on any atom is 0.253 e. The molecule has 7 nitrogen and oxygen atoms in total. The minimum Gasteiger partial charge on any atom is -0.399 e. The van der Waals surface area contributed by atoms with Crippen LogP contribution >= 0.6 is 0 Å². The van der Waals surface area contributed by atoms with Gasteiger partial charge in [0.25, 0.3) is 5.91 Å². The Labute approximate surface area is 105 Å². The van der Waals surface area contributed by atoms with Crippen LogP contribution in [0.5, 0.6) is 0 Å². The van der Waals surface area contributed by atoms with Crippen molar-refractivity contribution in [2.45, 2.75) is 6.42 Å². The van der Waals surface area contributed by atoms with Crippen LogP contribution < -0.4 is 21.9 Å². The van der Waals surface area contributed by atoms with Crippen molar-refractivity contribution >= 4 is 27.3 Å². The van der Waals surface area contributed by atoms with E-state index >= 15 is 0 Å². The Kier molecular flexibility index (Phi) is 4.51. The van der Waals surface area contributed by atoms with Crippen molar-refractivity contribution in [2.75, 3.05) is 23.8 Å². The summed E-state index contributed by atoms with van der Waals surface area (Å²) in [5, 5.41) is 7.38. The number of primary sulfonamides is 1. The molecule has 0 radical (unpaired) electrons. The van der Waals surface area contributed by atoms with E-state index in [1.807, 2.05) is 0 Å². The standard InChI is InChI=1S/C10H16N4O3S/c11-7-2-3-8(9(12)6-7)10(15)14-4-1-5-18(13,16)17/h2-3,6H,1,4-5,11-12H2,(H,14,15)(H2,13,16,17). The molecular formula is C10H16N4O3S. The largest absolute Gasteiger partial charge is 0.399 e. The lowest BCUT2D eigenvalue weighted by molar-refractivity contribution is 0.0954. The third kappa shape index (κ3) is 4.60. The number of carbonyl (C=O) groups is 1. The van der Waals surface area contributed by atoms with E-state index in [1.165, 1.54) is 12.1 Å². The molecule has 0 atom stereocenters. The highest BCUT2D eigenvalue weighted by Gasteiger charge is 2.09. The Bertz CT molecular complexity index is 542. The Morgan fingerprint density at radius 3 is 2.50 bits per heavy atom. The summed E-state index contributed by atoms with van der Waals surface area (Å²) in [6, 6.07) is 4.56. The zero-order valence-corrected chi connectivity index (χ0v) is 10.5. The molecule has 0 fully saturated rings. The molecule has 0 aliphatic heterocycles. The number of hydrogen-bond acceptors (Lipinski definition) is 5. The van der Waals surface area contributed by atoms with Gasteiger partial charge in [-0.05, 0) is 24.6 Å². The predicted octanol–water partition coefficient (Wildman–Crippen LogP) is -0.741. The van der Waals surface area contributed by atoms with Crippen molar-refractivity contribution in [1.29, 1.82) is 0 Å². The smallest absolute Gasteiger partial charge is 0.253 e. The van der Waals surface area contributed by atoms with Gasteiger partial charge < -0.3 is 16.8 Å². The first kappa shape index (κ1) is 14.3. The van der Waals surface area contributed by atoms with Crippen molar-refractivity contribution in [3.63, 3.8) is 0 Å². The van der Waals surface area contributed by atoms with Gasteiger partial charge in [0, 0.05) is 17.9 Å². The topological polar surface area (TPSA) is 141 Å². The zero-order chi connectivity index (χ0) is 13.8. The SMILES string of the molecule is Nc1ccc(C(=O)NCCCS(N)(=O)=O)c(N)c1. The lowest BCUT2D eigenvalue weighted by Crippen LogP contribution is -2.27. The van der Waals surface area contributed by atoms with Gasteiger partial charge in [-0.3, -0.25) is 4.79 Å². The van der Waals surface area contributed by atoms with Crippen LogP contribution in [-0.4, -0.2) is 26.6 Å². The van der Waals surface area contributed by atoms with Gasteiger partial charge in [0.05, 0.1) is 11.3 Å². The lowest BCUT2D eigenvalue weighted by atomic mass is 10.1. The summed E-state index contributed by atoms with van der Waals surface area (Å²) in [5.41, 5.74) is 12.2. The molecule has 0 spiro atoms. The maximum atomic E-state index is 11.7. The number of rotatable bonds is 5. The van der Waals surface area contributed by atoms with Crippen molar-refractivity contribution < 1.29 is 13.2 Å². The van der Waals surface area contributed by atoms with E-state index in [4.69, 9.17) is 16.6 Å². The van der Waals surface area contributed by atoms with Gasteiger partial charge in [-0.2, -0.15) is 0 Å². The zero-order valence-electron chi connectivity index (χ0n) is 9.72. The molecule has 0 aliphatic rings. The highest BCUT2D eigenvalue weighted by atomic mass is 32.2. The summed E-state index contributed by atoms with van der Waals surface area (Å²) in [6.07, 6.45) is 0.249.